The van der Waals surface area contributed by atoms with Crippen LogP contribution in [0.3, 0.4) is 0 Å². The molecule has 10 heteroatoms. The average molecular weight is 439 g/mol. The molecule has 0 bridgehead atoms. The lowest BCUT2D eigenvalue weighted by atomic mass is 10.1. The van der Waals surface area contributed by atoms with Crippen LogP contribution in [0.2, 0.25) is 0 Å². The highest BCUT2D eigenvalue weighted by Crippen LogP contribution is 2.33. The molecule has 6 nitrogen and oxygen atoms in total. The molecular formula is C20H20F3N3O3S. The molecule has 0 saturated carbocycles. The molecule has 0 atom stereocenters. The summed E-state index contributed by atoms with van der Waals surface area (Å²) in [6.45, 7) is 0.214. The van der Waals surface area contributed by atoms with Crippen LogP contribution < -0.4 is 10.2 Å². The van der Waals surface area contributed by atoms with Gasteiger partial charge in [-0.05, 0) is 44.4 Å². The zero-order chi connectivity index (χ0) is 22.1. The van der Waals surface area contributed by atoms with Gasteiger partial charge in [0.15, 0.2) is 5.43 Å². The maximum absolute atomic E-state index is 13.5. The molecule has 3 aromatic rings. The first-order chi connectivity index (χ1) is 14.0. The molecule has 0 unspecified atom stereocenters. The van der Waals surface area contributed by atoms with Gasteiger partial charge in [-0.1, -0.05) is 12.1 Å². The molecule has 2 aromatic carbocycles. The molecular weight excluding hydrogens is 419 g/mol. The van der Waals surface area contributed by atoms with E-state index >= 15 is 0 Å². The van der Waals surface area contributed by atoms with E-state index < -0.39 is 21.8 Å². The fourth-order valence-corrected chi connectivity index (χ4v) is 4.12. The largest absolute Gasteiger partial charge is 0.416 e. The number of rotatable bonds is 6. The average Bonchev–Trinajstić information content (AvgIpc) is 2.66. The molecule has 1 N–H and O–H groups in total. The van der Waals surface area contributed by atoms with Crippen molar-refractivity contribution >= 4 is 26.6 Å². The second kappa shape index (κ2) is 8.11. The Balaban J connectivity index is 2.14. The molecule has 1 aromatic heterocycles. The van der Waals surface area contributed by atoms with Crippen molar-refractivity contribution in [2.24, 2.45) is 0 Å². The third-order valence-corrected chi connectivity index (χ3v) is 5.67. The van der Waals surface area contributed by atoms with Crippen molar-refractivity contribution in [2.75, 3.05) is 31.1 Å². The zero-order valence-corrected chi connectivity index (χ0v) is 17.1. The van der Waals surface area contributed by atoms with Gasteiger partial charge in [0.1, 0.15) is 0 Å². The SMILES string of the molecule is CN(C)CCS(=O)(=O)Nc1cc(-n2ccc(=O)c3ccccc32)cc(C(F)(F)F)c1. The quantitative estimate of drug-likeness (QED) is 0.640. The lowest BCUT2D eigenvalue weighted by molar-refractivity contribution is -0.137. The third-order valence-electron chi connectivity index (χ3n) is 4.41. The van der Waals surface area contributed by atoms with Crippen LogP contribution in [0.1, 0.15) is 5.56 Å². The number of fused-ring (bicyclic) bond motifs is 1. The van der Waals surface area contributed by atoms with E-state index in [4.69, 9.17) is 0 Å². The van der Waals surface area contributed by atoms with Crippen molar-refractivity contribution in [1.29, 1.82) is 0 Å². The van der Waals surface area contributed by atoms with Gasteiger partial charge in [0.2, 0.25) is 10.0 Å². The number of aromatic nitrogens is 1. The number of para-hydroxylation sites is 1. The molecule has 0 amide bonds. The van der Waals surface area contributed by atoms with E-state index in [9.17, 15) is 26.4 Å². The molecule has 0 spiro atoms. The van der Waals surface area contributed by atoms with E-state index in [1.54, 1.807) is 43.3 Å². The summed E-state index contributed by atoms with van der Waals surface area (Å²) in [6.07, 6.45) is -3.32. The van der Waals surface area contributed by atoms with Gasteiger partial charge in [-0.15, -0.1) is 0 Å². The van der Waals surface area contributed by atoms with Gasteiger partial charge in [-0.2, -0.15) is 13.2 Å². The monoisotopic (exact) mass is 439 g/mol. The van der Waals surface area contributed by atoms with E-state index in [1.807, 2.05) is 0 Å². The van der Waals surface area contributed by atoms with Crippen molar-refractivity contribution < 1.29 is 21.6 Å². The first kappa shape index (κ1) is 21.8. The van der Waals surface area contributed by atoms with Gasteiger partial charge in [-0.3, -0.25) is 9.52 Å². The lowest BCUT2D eigenvalue weighted by Crippen LogP contribution is -2.26. The molecule has 1 heterocycles. The number of alkyl halides is 3. The smallest absolute Gasteiger partial charge is 0.316 e. The van der Waals surface area contributed by atoms with Gasteiger partial charge in [0.25, 0.3) is 0 Å². The molecule has 0 fully saturated rings. The maximum atomic E-state index is 13.5. The first-order valence-electron chi connectivity index (χ1n) is 8.94. The minimum Gasteiger partial charge on any atom is -0.316 e. The Morgan fingerprint density at radius 3 is 2.43 bits per heavy atom. The van der Waals surface area contributed by atoms with Gasteiger partial charge in [0.05, 0.1) is 22.5 Å². The number of pyridine rings is 1. The second-order valence-electron chi connectivity index (χ2n) is 7.06. The minimum atomic E-state index is -4.69. The number of benzene rings is 2. The number of sulfonamides is 1. The summed E-state index contributed by atoms with van der Waals surface area (Å²) in [7, 11) is -0.471. The van der Waals surface area contributed by atoms with Crippen molar-refractivity contribution in [1.82, 2.24) is 9.47 Å². The van der Waals surface area contributed by atoms with Crippen LogP contribution in [0.5, 0.6) is 0 Å². The van der Waals surface area contributed by atoms with Crippen molar-refractivity contribution in [3.63, 3.8) is 0 Å². The molecule has 160 valence electrons. The standard InChI is InChI=1S/C20H20F3N3O3S/c1-25(2)9-10-30(28,29)24-15-11-14(20(21,22)23)12-16(13-15)26-8-7-19(27)17-5-3-4-6-18(17)26/h3-8,11-13,24H,9-10H2,1-2H3. The second-order valence-corrected chi connectivity index (χ2v) is 8.90. The van der Waals surface area contributed by atoms with Gasteiger partial charge < -0.3 is 9.47 Å². The third kappa shape index (κ3) is 5.00. The summed E-state index contributed by atoms with van der Waals surface area (Å²) in [6, 6.07) is 10.7. The predicted molar refractivity (Wildman–Crippen MR) is 111 cm³/mol. The topological polar surface area (TPSA) is 71.4 Å². The Morgan fingerprint density at radius 2 is 1.77 bits per heavy atom. The summed E-state index contributed by atoms with van der Waals surface area (Å²) in [5.41, 5.74) is -0.995. The number of halogens is 3. The highest BCUT2D eigenvalue weighted by molar-refractivity contribution is 7.92. The van der Waals surface area contributed by atoms with Crippen LogP contribution in [0, 0.1) is 0 Å². The Hall–Kier alpha value is -2.85. The summed E-state index contributed by atoms with van der Waals surface area (Å²) in [5.74, 6) is -0.271. The van der Waals surface area contributed by atoms with E-state index in [-0.39, 0.29) is 29.1 Å². The number of nitrogens with one attached hydrogen (secondary N) is 1. The number of anilines is 1. The molecule has 0 aliphatic rings. The molecule has 0 aliphatic heterocycles. The van der Waals surface area contributed by atoms with Gasteiger partial charge in [-0.25, -0.2) is 8.42 Å². The number of nitrogens with zero attached hydrogens (tertiary/aromatic N) is 2. The number of hydrogen-bond acceptors (Lipinski definition) is 4. The van der Waals surface area contributed by atoms with E-state index in [2.05, 4.69) is 4.72 Å². The van der Waals surface area contributed by atoms with Gasteiger partial charge >= 0.3 is 6.18 Å². The Kier molecular flexibility index (Phi) is 5.91. The maximum Gasteiger partial charge on any atom is 0.416 e. The van der Waals surface area contributed by atoms with Crippen molar-refractivity contribution in [3.05, 3.63) is 70.5 Å². The van der Waals surface area contributed by atoms with E-state index in [1.165, 1.54) is 22.9 Å². The Bertz CT molecular complexity index is 1240. The Labute approximate surface area is 171 Å². The van der Waals surface area contributed by atoms with Crippen LogP contribution in [0.4, 0.5) is 18.9 Å². The van der Waals surface area contributed by atoms with Crippen LogP contribution in [-0.2, 0) is 16.2 Å². The zero-order valence-electron chi connectivity index (χ0n) is 16.3. The fraction of sp³-hybridized carbons (Fsp3) is 0.250. The highest BCUT2D eigenvalue weighted by Gasteiger charge is 2.32. The van der Waals surface area contributed by atoms with Gasteiger partial charge in [0, 0.05) is 29.9 Å². The van der Waals surface area contributed by atoms with E-state index in [0.29, 0.717) is 10.9 Å². The predicted octanol–water partition coefficient (Wildman–Crippen LogP) is 3.31. The summed E-state index contributed by atoms with van der Waals surface area (Å²) in [4.78, 5) is 13.7. The summed E-state index contributed by atoms with van der Waals surface area (Å²) in [5, 5.41) is 0.338. The molecule has 30 heavy (non-hydrogen) atoms. The van der Waals surface area contributed by atoms with Crippen molar-refractivity contribution in [3.8, 4) is 5.69 Å². The minimum absolute atomic E-state index is 0.0753. The van der Waals surface area contributed by atoms with E-state index in [0.717, 1.165) is 12.1 Å². The van der Waals surface area contributed by atoms with Crippen LogP contribution in [0.25, 0.3) is 16.6 Å². The molecule has 0 aliphatic carbocycles. The summed E-state index contributed by atoms with van der Waals surface area (Å²) >= 11 is 0. The Morgan fingerprint density at radius 1 is 1.07 bits per heavy atom. The van der Waals surface area contributed by atoms with Crippen LogP contribution in [0.15, 0.2) is 59.5 Å². The molecule has 0 radical (unpaired) electrons. The fourth-order valence-electron chi connectivity index (χ4n) is 2.94. The highest BCUT2D eigenvalue weighted by atomic mass is 32.2. The normalized spacial score (nSPS) is 12.5. The van der Waals surface area contributed by atoms with Crippen LogP contribution in [-0.4, -0.2) is 44.3 Å². The van der Waals surface area contributed by atoms with Crippen molar-refractivity contribution in [2.45, 2.75) is 6.18 Å². The van der Waals surface area contributed by atoms with Crippen LogP contribution >= 0.6 is 0 Å². The molecule has 0 saturated heterocycles. The molecule has 3 rings (SSSR count). The first-order valence-corrected chi connectivity index (χ1v) is 10.6. The lowest BCUT2D eigenvalue weighted by Gasteiger charge is -2.17. The number of hydrogen-bond donors (Lipinski definition) is 1. The summed E-state index contributed by atoms with van der Waals surface area (Å²) < 4.78 is 68.7.